The van der Waals surface area contributed by atoms with E-state index in [1.54, 1.807) is 6.07 Å². The van der Waals surface area contributed by atoms with E-state index in [1.807, 2.05) is 16.7 Å². The highest BCUT2D eigenvalue weighted by Gasteiger charge is 2.13. The quantitative estimate of drug-likeness (QED) is 0.871. The first-order chi connectivity index (χ1) is 10.3. The smallest absolute Gasteiger partial charge is 0.178 e. The molecule has 1 fully saturated rings. The van der Waals surface area contributed by atoms with Gasteiger partial charge in [0.2, 0.25) is 0 Å². The van der Waals surface area contributed by atoms with Gasteiger partial charge >= 0.3 is 0 Å². The second-order valence-electron chi connectivity index (χ2n) is 5.56. The van der Waals surface area contributed by atoms with Crippen molar-refractivity contribution in [2.75, 3.05) is 6.61 Å². The van der Waals surface area contributed by atoms with E-state index in [4.69, 9.17) is 22.2 Å². The summed E-state index contributed by atoms with van der Waals surface area (Å²) in [7, 11) is 0. The number of rotatable bonds is 4. The molecule has 2 aromatic rings. The maximum Gasteiger partial charge on any atom is 0.178 e. The molecule has 0 amide bonds. The van der Waals surface area contributed by atoms with E-state index in [1.165, 1.54) is 32.1 Å². The van der Waals surface area contributed by atoms with Crippen molar-refractivity contribution in [3.63, 3.8) is 0 Å². The average Bonchev–Trinajstić information content (AvgIpc) is 2.83. The summed E-state index contributed by atoms with van der Waals surface area (Å²) in [5.74, 6) is 0. The molecule has 1 saturated carbocycles. The summed E-state index contributed by atoms with van der Waals surface area (Å²) >= 11 is 5.37. The number of benzene rings is 1. The Hall–Kier alpha value is -1.64. The van der Waals surface area contributed by atoms with Crippen LogP contribution in [0.25, 0.3) is 11.0 Å². The lowest BCUT2D eigenvalue weighted by Crippen LogP contribution is -2.19. The molecular weight excluding hydrogens is 282 g/mol. The number of fused-ring (bicyclic) bond motifs is 1. The molecule has 0 saturated heterocycles. The van der Waals surface area contributed by atoms with E-state index in [2.05, 4.69) is 11.1 Å². The highest BCUT2D eigenvalue weighted by molar-refractivity contribution is 7.71. The summed E-state index contributed by atoms with van der Waals surface area (Å²) < 4.78 is 8.68. The molecule has 0 bridgehead atoms. The molecule has 5 heteroatoms. The molecular formula is C16H19N3OS. The minimum absolute atomic E-state index is 0.410. The predicted octanol–water partition coefficient (Wildman–Crippen LogP) is 3.92. The van der Waals surface area contributed by atoms with Gasteiger partial charge in [-0.25, -0.2) is 0 Å². The van der Waals surface area contributed by atoms with Gasteiger partial charge in [0.05, 0.1) is 35.4 Å². The second kappa shape index (κ2) is 6.42. The highest BCUT2D eigenvalue weighted by atomic mass is 32.1. The molecule has 110 valence electrons. The number of hydrogen-bond acceptors (Lipinski definition) is 3. The Labute approximate surface area is 129 Å². The van der Waals surface area contributed by atoms with Gasteiger partial charge in [-0.1, -0.05) is 19.3 Å². The van der Waals surface area contributed by atoms with Crippen LogP contribution in [0.5, 0.6) is 0 Å². The molecule has 21 heavy (non-hydrogen) atoms. The van der Waals surface area contributed by atoms with Crippen molar-refractivity contribution in [2.45, 2.75) is 44.8 Å². The Balaban J connectivity index is 1.72. The number of nitriles is 1. The Morgan fingerprint density at radius 3 is 2.90 bits per heavy atom. The largest absolute Gasteiger partial charge is 0.376 e. The van der Waals surface area contributed by atoms with Crippen LogP contribution in [0.15, 0.2) is 18.2 Å². The third-order valence-electron chi connectivity index (χ3n) is 4.13. The summed E-state index contributed by atoms with van der Waals surface area (Å²) in [5.41, 5.74) is 2.60. The van der Waals surface area contributed by atoms with E-state index < -0.39 is 0 Å². The van der Waals surface area contributed by atoms with E-state index in [0.717, 1.165) is 17.6 Å². The number of nitrogens with zero attached hydrogens (tertiary/aromatic N) is 2. The number of aromatic amines is 1. The molecule has 1 heterocycles. The van der Waals surface area contributed by atoms with Crippen molar-refractivity contribution in [3.05, 3.63) is 28.5 Å². The van der Waals surface area contributed by atoms with Gasteiger partial charge in [-0.05, 0) is 43.3 Å². The molecule has 1 aromatic heterocycles. The second-order valence-corrected chi connectivity index (χ2v) is 5.94. The predicted molar refractivity (Wildman–Crippen MR) is 84.7 cm³/mol. The van der Waals surface area contributed by atoms with Gasteiger partial charge in [0.25, 0.3) is 0 Å². The highest BCUT2D eigenvalue weighted by Crippen LogP contribution is 2.21. The molecule has 0 unspecified atom stereocenters. The fraction of sp³-hybridized carbons (Fsp3) is 0.500. The Morgan fingerprint density at radius 1 is 1.33 bits per heavy atom. The van der Waals surface area contributed by atoms with Crippen LogP contribution in [0.4, 0.5) is 0 Å². The SMILES string of the molecule is N#Cc1ccc2[nH]c(=S)n(CCOC3CCCCC3)c2c1. The van der Waals surface area contributed by atoms with Gasteiger partial charge < -0.3 is 14.3 Å². The maximum atomic E-state index is 9.02. The number of ether oxygens (including phenoxy) is 1. The third-order valence-corrected chi connectivity index (χ3v) is 4.45. The van der Waals surface area contributed by atoms with Crippen LogP contribution in [-0.4, -0.2) is 22.3 Å². The molecule has 0 aliphatic heterocycles. The van der Waals surface area contributed by atoms with Gasteiger partial charge in [-0.15, -0.1) is 0 Å². The van der Waals surface area contributed by atoms with Crippen LogP contribution in [0.1, 0.15) is 37.7 Å². The topological polar surface area (TPSA) is 53.7 Å². The summed E-state index contributed by atoms with van der Waals surface area (Å²) in [6.07, 6.45) is 6.67. The molecule has 1 N–H and O–H groups in total. The lowest BCUT2D eigenvalue weighted by atomic mass is 9.98. The molecule has 0 spiro atoms. The molecule has 1 aliphatic carbocycles. The average molecular weight is 301 g/mol. The van der Waals surface area contributed by atoms with Crippen LogP contribution in [0, 0.1) is 16.1 Å². The Kier molecular flexibility index (Phi) is 4.37. The number of imidazole rings is 1. The number of aromatic nitrogens is 2. The fourth-order valence-electron chi connectivity index (χ4n) is 2.99. The van der Waals surface area contributed by atoms with E-state index in [-0.39, 0.29) is 0 Å². The van der Waals surface area contributed by atoms with Gasteiger partial charge in [0, 0.05) is 6.54 Å². The molecule has 1 aromatic carbocycles. The zero-order valence-electron chi connectivity index (χ0n) is 12.0. The first-order valence-corrected chi connectivity index (χ1v) is 7.93. The summed E-state index contributed by atoms with van der Waals surface area (Å²) in [4.78, 5) is 3.18. The number of H-pyrrole nitrogens is 1. The third kappa shape index (κ3) is 3.17. The van der Waals surface area contributed by atoms with Gasteiger partial charge in [0.15, 0.2) is 4.77 Å². The van der Waals surface area contributed by atoms with E-state index in [0.29, 0.717) is 23.0 Å². The lowest BCUT2D eigenvalue weighted by Gasteiger charge is -2.22. The van der Waals surface area contributed by atoms with Crippen molar-refractivity contribution < 1.29 is 4.74 Å². The van der Waals surface area contributed by atoms with Crippen LogP contribution >= 0.6 is 12.2 Å². The van der Waals surface area contributed by atoms with Gasteiger partial charge in [-0.3, -0.25) is 0 Å². The maximum absolute atomic E-state index is 9.02. The van der Waals surface area contributed by atoms with E-state index in [9.17, 15) is 0 Å². The monoisotopic (exact) mass is 301 g/mol. The normalized spacial score (nSPS) is 16.1. The first-order valence-electron chi connectivity index (χ1n) is 7.52. The van der Waals surface area contributed by atoms with Crippen LogP contribution in [-0.2, 0) is 11.3 Å². The zero-order chi connectivity index (χ0) is 14.7. The van der Waals surface area contributed by atoms with Crippen molar-refractivity contribution in [1.82, 2.24) is 9.55 Å². The van der Waals surface area contributed by atoms with Crippen molar-refractivity contribution >= 4 is 23.3 Å². The molecule has 0 atom stereocenters. The lowest BCUT2D eigenvalue weighted by molar-refractivity contribution is 0.0243. The van der Waals surface area contributed by atoms with Crippen LogP contribution in [0.2, 0.25) is 0 Å². The van der Waals surface area contributed by atoms with Crippen molar-refractivity contribution in [2.24, 2.45) is 0 Å². The number of nitrogens with one attached hydrogen (secondary N) is 1. The van der Waals surface area contributed by atoms with Crippen molar-refractivity contribution in [3.8, 4) is 6.07 Å². The fourth-order valence-corrected chi connectivity index (χ4v) is 3.29. The van der Waals surface area contributed by atoms with Crippen LogP contribution < -0.4 is 0 Å². The standard InChI is InChI=1S/C16H19N3OS/c17-11-12-6-7-14-15(10-12)19(16(21)18-14)8-9-20-13-4-2-1-3-5-13/h6-7,10,13H,1-5,8-9H2,(H,18,21). The molecule has 4 nitrogen and oxygen atoms in total. The van der Waals surface area contributed by atoms with E-state index >= 15 is 0 Å². The van der Waals surface area contributed by atoms with Crippen molar-refractivity contribution in [1.29, 1.82) is 5.26 Å². The Bertz CT molecular complexity index is 719. The van der Waals surface area contributed by atoms with Crippen LogP contribution in [0.3, 0.4) is 0 Å². The molecule has 3 rings (SSSR count). The number of hydrogen-bond donors (Lipinski definition) is 1. The van der Waals surface area contributed by atoms with Gasteiger partial charge in [-0.2, -0.15) is 5.26 Å². The molecule has 0 radical (unpaired) electrons. The first kappa shape index (κ1) is 14.3. The summed E-state index contributed by atoms with van der Waals surface area (Å²) in [6, 6.07) is 7.76. The summed E-state index contributed by atoms with van der Waals surface area (Å²) in [6.45, 7) is 1.40. The zero-order valence-corrected chi connectivity index (χ0v) is 12.8. The minimum Gasteiger partial charge on any atom is -0.376 e. The minimum atomic E-state index is 0.410. The summed E-state index contributed by atoms with van der Waals surface area (Å²) in [5, 5.41) is 9.02. The molecule has 1 aliphatic rings. The Morgan fingerprint density at radius 2 is 2.14 bits per heavy atom. The van der Waals surface area contributed by atoms with Gasteiger partial charge in [0.1, 0.15) is 0 Å².